The minimum atomic E-state index is -0.703. The van der Waals surface area contributed by atoms with Crippen LogP contribution in [-0.2, 0) is 16.1 Å². The van der Waals surface area contributed by atoms with E-state index in [2.05, 4.69) is 0 Å². The maximum absolute atomic E-state index is 11.5. The van der Waals surface area contributed by atoms with Crippen LogP contribution < -0.4 is 19.9 Å². The molecule has 19 heavy (non-hydrogen) atoms. The van der Waals surface area contributed by atoms with Crippen molar-refractivity contribution >= 4 is 5.97 Å². The molecule has 2 rings (SSSR count). The van der Waals surface area contributed by atoms with Crippen molar-refractivity contribution in [2.75, 3.05) is 13.4 Å². The molecular formula is C13H17NO5. The fourth-order valence-electron chi connectivity index (χ4n) is 1.73. The Kier molecular flexibility index (Phi) is 4.11. The lowest BCUT2D eigenvalue weighted by Crippen LogP contribution is -2.26. The first-order valence-corrected chi connectivity index (χ1v) is 6.11. The summed E-state index contributed by atoms with van der Waals surface area (Å²) in [6, 6.07) is 3.44. The zero-order valence-electron chi connectivity index (χ0n) is 11.0. The van der Waals surface area contributed by atoms with Crippen LogP contribution in [0.15, 0.2) is 12.1 Å². The number of carbonyl (C=O) groups is 1. The molecule has 0 amide bonds. The minimum absolute atomic E-state index is 0.177. The third kappa shape index (κ3) is 2.90. The van der Waals surface area contributed by atoms with Crippen LogP contribution >= 0.6 is 0 Å². The molecule has 0 radical (unpaired) electrons. The van der Waals surface area contributed by atoms with E-state index >= 15 is 0 Å². The van der Waals surface area contributed by atoms with Crippen LogP contribution in [0.3, 0.4) is 0 Å². The van der Waals surface area contributed by atoms with E-state index < -0.39 is 12.1 Å². The van der Waals surface area contributed by atoms with Crippen molar-refractivity contribution in [1.29, 1.82) is 0 Å². The van der Waals surface area contributed by atoms with Gasteiger partial charge in [0, 0.05) is 18.2 Å². The third-order valence-corrected chi connectivity index (χ3v) is 2.70. The zero-order chi connectivity index (χ0) is 13.8. The lowest BCUT2D eigenvalue weighted by Gasteiger charge is -2.16. The van der Waals surface area contributed by atoms with E-state index in [0.29, 0.717) is 23.9 Å². The van der Waals surface area contributed by atoms with Gasteiger partial charge in [-0.1, -0.05) is 0 Å². The number of hydrogen-bond donors (Lipinski definition) is 1. The molecule has 104 valence electrons. The highest BCUT2D eigenvalue weighted by Gasteiger charge is 2.21. The van der Waals surface area contributed by atoms with E-state index in [1.807, 2.05) is 0 Å². The summed E-state index contributed by atoms with van der Waals surface area (Å²) in [5.74, 6) is 1.32. The van der Waals surface area contributed by atoms with Gasteiger partial charge in [0.1, 0.15) is 5.75 Å². The monoisotopic (exact) mass is 267 g/mol. The van der Waals surface area contributed by atoms with Crippen LogP contribution in [0.5, 0.6) is 17.2 Å². The normalized spacial score (nSPS) is 14.1. The number of carbonyl (C=O) groups excluding carboxylic acids is 1. The quantitative estimate of drug-likeness (QED) is 0.807. The summed E-state index contributed by atoms with van der Waals surface area (Å²) in [4.78, 5) is 11.5. The standard InChI is InChI=1S/C13H17NO5/c1-3-16-13(15)8(2)19-10-5-12-11(17-7-18-12)4-9(10)6-14/h4-5,8H,3,6-7,14H2,1-2H3. The molecule has 1 aromatic rings. The molecular weight excluding hydrogens is 250 g/mol. The Labute approximate surface area is 111 Å². The summed E-state index contributed by atoms with van der Waals surface area (Å²) >= 11 is 0. The Morgan fingerprint density at radius 1 is 1.42 bits per heavy atom. The number of rotatable bonds is 5. The molecule has 2 N–H and O–H groups in total. The molecule has 0 bridgehead atoms. The maximum atomic E-state index is 11.5. The summed E-state index contributed by atoms with van der Waals surface area (Å²) in [5.41, 5.74) is 6.41. The van der Waals surface area contributed by atoms with Crippen molar-refractivity contribution in [2.24, 2.45) is 5.73 Å². The van der Waals surface area contributed by atoms with Gasteiger partial charge in [-0.2, -0.15) is 0 Å². The number of ether oxygens (including phenoxy) is 4. The smallest absolute Gasteiger partial charge is 0.347 e. The highest BCUT2D eigenvalue weighted by Crippen LogP contribution is 2.38. The van der Waals surface area contributed by atoms with Gasteiger partial charge < -0.3 is 24.7 Å². The summed E-state index contributed by atoms with van der Waals surface area (Å²) in [6.07, 6.45) is -0.703. The Bertz CT molecular complexity index is 474. The van der Waals surface area contributed by atoms with E-state index in [1.54, 1.807) is 26.0 Å². The molecule has 6 nitrogen and oxygen atoms in total. The first kappa shape index (κ1) is 13.5. The Morgan fingerprint density at radius 3 is 2.74 bits per heavy atom. The molecule has 0 aromatic heterocycles. The topological polar surface area (TPSA) is 80.0 Å². The van der Waals surface area contributed by atoms with E-state index in [1.165, 1.54) is 0 Å². The highest BCUT2D eigenvalue weighted by molar-refractivity contribution is 5.74. The summed E-state index contributed by atoms with van der Waals surface area (Å²) < 4.78 is 21.0. The molecule has 0 spiro atoms. The Hall–Kier alpha value is -1.95. The number of benzene rings is 1. The highest BCUT2D eigenvalue weighted by atomic mass is 16.7. The van der Waals surface area contributed by atoms with Gasteiger partial charge in [0.15, 0.2) is 17.6 Å². The second-order valence-corrected chi connectivity index (χ2v) is 4.03. The lowest BCUT2D eigenvalue weighted by atomic mass is 10.1. The molecule has 0 fully saturated rings. The molecule has 0 saturated heterocycles. The molecule has 6 heteroatoms. The predicted molar refractivity (Wildman–Crippen MR) is 67.2 cm³/mol. The molecule has 1 aliphatic rings. The van der Waals surface area contributed by atoms with Crippen molar-refractivity contribution in [3.8, 4) is 17.2 Å². The largest absolute Gasteiger partial charge is 0.479 e. The summed E-state index contributed by atoms with van der Waals surface area (Å²) in [6.45, 7) is 4.15. The number of esters is 1. The third-order valence-electron chi connectivity index (χ3n) is 2.70. The van der Waals surface area contributed by atoms with Gasteiger partial charge in [0.25, 0.3) is 0 Å². The van der Waals surface area contributed by atoms with Gasteiger partial charge in [-0.15, -0.1) is 0 Å². The van der Waals surface area contributed by atoms with Crippen LogP contribution in [0.2, 0.25) is 0 Å². The van der Waals surface area contributed by atoms with Gasteiger partial charge in [-0.3, -0.25) is 0 Å². The SMILES string of the molecule is CCOC(=O)C(C)Oc1cc2c(cc1CN)OCO2. The molecule has 1 aromatic carbocycles. The van der Waals surface area contributed by atoms with Crippen molar-refractivity contribution < 1.29 is 23.7 Å². The van der Waals surface area contributed by atoms with Gasteiger partial charge in [0.2, 0.25) is 6.79 Å². The van der Waals surface area contributed by atoms with E-state index in [0.717, 1.165) is 5.56 Å². The molecule has 0 saturated carbocycles. The minimum Gasteiger partial charge on any atom is -0.479 e. The van der Waals surface area contributed by atoms with Crippen LogP contribution in [0, 0.1) is 0 Å². The Morgan fingerprint density at radius 2 is 2.11 bits per heavy atom. The van der Waals surface area contributed by atoms with Crippen LogP contribution in [-0.4, -0.2) is 25.5 Å². The second-order valence-electron chi connectivity index (χ2n) is 4.03. The predicted octanol–water partition coefficient (Wildman–Crippen LogP) is 1.20. The van der Waals surface area contributed by atoms with Crippen LogP contribution in [0.1, 0.15) is 19.4 Å². The summed E-state index contributed by atoms with van der Waals surface area (Å²) in [5, 5.41) is 0. The van der Waals surface area contributed by atoms with E-state index in [4.69, 9.17) is 24.7 Å². The van der Waals surface area contributed by atoms with Crippen molar-refractivity contribution in [3.05, 3.63) is 17.7 Å². The second kappa shape index (κ2) is 5.79. The zero-order valence-corrected chi connectivity index (χ0v) is 11.0. The van der Waals surface area contributed by atoms with Gasteiger partial charge in [-0.25, -0.2) is 4.79 Å². The van der Waals surface area contributed by atoms with Gasteiger partial charge >= 0.3 is 5.97 Å². The molecule has 0 aliphatic carbocycles. The first-order chi connectivity index (χ1) is 9.15. The lowest BCUT2D eigenvalue weighted by molar-refractivity contribution is -0.150. The molecule has 1 aliphatic heterocycles. The molecule has 1 atom stereocenters. The fraction of sp³-hybridized carbons (Fsp3) is 0.462. The molecule has 1 heterocycles. The number of hydrogen-bond acceptors (Lipinski definition) is 6. The average molecular weight is 267 g/mol. The van der Waals surface area contributed by atoms with Gasteiger partial charge in [0.05, 0.1) is 6.61 Å². The van der Waals surface area contributed by atoms with Crippen molar-refractivity contribution in [3.63, 3.8) is 0 Å². The maximum Gasteiger partial charge on any atom is 0.347 e. The van der Waals surface area contributed by atoms with Crippen LogP contribution in [0.25, 0.3) is 0 Å². The fourth-order valence-corrected chi connectivity index (χ4v) is 1.73. The molecule has 1 unspecified atom stereocenters. The van der Waals surface area contributed by atoms with Crippen molar-refractivity contribution in [1.82, 2.24) is 0 Å². The van der Waals surface area contributed by atoms with Crippen molar-refractivity contribution in [2.45, 2.75) is 26.5 Å². The van der Waals surface area contributed by atoms with Crippen LogP contribution in [0.4, 0.5) is 0 Å². The summed E-state index contributed by atoms with van der Waals surface area (Å²) in [7, 11) is 0. The average Bonchev–Trinajstić information content (AvgIpc) is 2.85. The number of nitrogens with two attached hydrogens (primary N) is 1. The van der Waals surface area contributed by atoms with Gasteiger partial charge in [-0.05, 0) is 19.9 Å². The van der Waals surface area contributed by atoms with E-state index in [9.17, 15) is 4.79 Å². The Balaban J connectivity index is 2.17. The first-order valence-electron chi connectivity index (χ1n) is 6.11. The number of fused-ring (bicyclic) bond motifs is 1. The van der Waals surface area contributed by atoms with E-state index in [-0.39, 0.29) is 13.3 Å².